The van der Waals surface area contributed by atoms with Crippen molar-refractivity contribution in [3.8, 4) is 0 Å². The molecule has 2 rings (SSSR count). The molecule has 0 radical (unpaired) electrons. The smallest absolute Gasteiger partial charge is 0.254 e. The van der Waals surface area contributed by atoms with E-state index in [1.54, 1.807) is 17.9 Å². The number of piperazine rings is 1. The number of hydrogen-bond donors (Lipinski definition) is 2. The van der Waals surface area contributed by atoms with Crippen LogP contribution in [0.1, 0.15) is 16.1 Å². The number of furan rings is 1. The van der Waals surface area contributed by atoms with E-state index in [0.717, 1.165) is 13.1 Å². The van der Waals surface area contributed by atoms with Gasteiger partial charge in [-0.25, -0.2) is 0 Å². The van der Waals surface area contributed by atoms with Gasteiger partial charge >= 0.3 is 0 Å². The summed E-state index contributed by atoms with van der Waals surface area (Å²) in [6, 6.07) is 1.64. The number of carbonyl (C=O) groups is 2. The first-order valence-corrected chi connectivity index (χ1v) is 5.98. The monoisotopic (exact) mass is 251 g/mol. The summed E-state index contributed by atoms with van der Waals surface area (Å²) >= 11 is 0. The van der Waals surface area contributed by atoms with Gasteiger partial charge in [-0.3, -0.25) is 9.59 Å². The third kappa shape index (κ3) is 3.10. The van der Waals surface area contributed by atoms with Crippen molar-refractivity contribution < 1.29 is 14.0 Å². The van der Waals surface area contributed by atoms with Gasteiger partial charge in [-0.2, -0.15) is 0 Å². The number of amides is 2. The minimum atomic E-state index is -0.282. The van der Waals surface area contributed by atoms with Gasteiger partial charge in [0.15, 0.2) is 0 Å². The van der Waals surface area contributed by atoms with Gasteiger partial charge in [-0.05, 0) is 13.0 Å². The van der Waals surface area contributed by atoms with Crippen molar-refractivity contribution in [2.75, 3.05) is 32.7 Å². The molecule has 2 heterocycles. The number of carbonyl (C=O) groups excluding carboxylic acids is 2. The van der Waals surface area contributed by atoms with Crippen LogP contribution in [0.15, 0.2) is 16.7 Å². The van der Waals surface area contributed by atoms with E-state index in [-0.39, 0.29) is 18.4 Å². The van der Waals surface area contributed by atoms with Crippen LogP contribution in [0.2, 0.25) is 0 Å². The third-order valence-electron chi connectivity index (χ3n) is 2.86. The quantitative estimate of drug-likeness (QED) is 0.777. The van der Waals surface area contributed by atoms with Crippen molar-refractivity contribution in [1.29, 1.82) is 0 Å². The van der Waals surface area contributed by atoms with Crippen LogP contribution >= 0.6 is 0 Å². The summed E-state index contributed by atoms with van der Waals surface area (Å²) in [6.07, 6.45) is 1.39. The lowest BCUT2D eigenvalue weighted by Crippen LogP contribution is -2.49. The van der Waals surface area contributed by atoms with Crippen LogP contribution in [0.5, 0.6) is 0 Å². The summed E-state index contributed by atoms with van der Waals surface area (Å²) < 4.78 is 5.04. The minimum absolute atomic E-state index is 0.0308. The molecule has 0 bridgehead atoms. The molecule has 0 spiro atoms. The molecule has 0 aromatic carbocycles. The molecule has 98 valence electrons. The molecule has 1 aliphatic rings. The topological polar surface area (TPSA) is 74.6 Å². The molecule has 1 saturated heterocycles. The second kappa shape index (κ2) is 5.68. The molecule has 0 saturated carbocycles. The largest absolute Gasteiger partial charge is 0.469 e. The van der Waals surface area contributed by atoms with E-state index >= 15 is 0 Å². The highest BCUT2D eigenvalue weighted by atomic mass is 16.3. The molecule has 0 unspecified atom stereocenters. The van der Waals surface area contributed by atoms with Gasteiger partial charge in [-0.15, -0.1) is 0 Å². The van der Waals surface area contributed by atoms with Crippen molar-refractivity contribution in [2.45, 2.75) is 6.92 Å². The maximum Gasteiger partial charge on any atom is 0.254 e. The highest BCUT2D eigenvalue weighted by molar-refractivity contribution is 5.96. The summed E-state index contributed by atoms with van der Waals surface area (Å²) in [4.78, 5) is 25.2. The van der Waals surface area contributed by atoms with Crippen molar-refractivity contribution in [2.24, 2.45) is 0 Å². The van der Waals surface area contributed by atoms with Gasteiger partial charge < -0.3 is 20.0 Å². The van der Waals surface area contributed by atoms with Crippen LogP contribution in [0.4, 0.5) is 0 Å². The zero-order valence-corrected chi connectivity index (χ0v) is 10.4. The van der Waals surface area contributed by atoms with Crippen LogP contribution < -0.4 is 10.6 Å². The molecular weight excluding hydrogens is 234 g/mol. The third-order valence-corrected chi connectivity index (χ3v) is 2.86. The standard InChI is InChI=1S/C12H17N3O3/c1-9-6-10(8-18-9)12(17)14-7-11(16)15-4-2-13-3-5-15/h6,8,13H,2-5,7H2,1H3,(H,14,17). The lowest BCUT2D eigenvalue weighted by molar-refractivity contribution is -0.130. The van der Waals surface area contributed by atoms with E-state index in [9.17, 15) is 9.59 Å². The van der Waals surface area contributed by atoms with E-state index in [1.807, 2.05) is 0 Å². The summed E-state index contributed by atoms with van der Waals surface area (Å²) in [6.45, 7) is 4.80. The van der Waals surface area contributed by atoms with E-state index in [2.05, 4.69) is 10.6 Å². The molecule has 1 aromatic heterocycles. The SMILES string of the molecule is Cc1cc(C(=O)NCC(=O)N2CCNCC2)co1. The average Bonchev–Trinajstić information content (AvgIpc) is 2.83. The van der Waals surface area contributed by atoms with Crippen molar-refractivity contribution >= 4 is 11.8 Å². The number of rotatable bonds is 3. The zero-order valence-electron chi connectivity index (χ0n) is 10.4. The van der Waals surface area contributed by atoms with Crippen molar-refractivity contribution in [1.82, 2.24) is 15.5 Å². The first-order valence-electron chi connectivity index (χ1n) is 5.98. The maximum atomic E-state index is 11.8. The van der Waals surface area contributed by atoms with E-state index in [1.165, 1.54) is 6.26 Å². The molecule has 6 nitrogen and oxygen atoms in total. The molecule has 2 N–H and O–H groups in total. The number of nitrogens with one attached hydrogen (secondary N) is 2. The Bertz CT molecular complexity index is 436. The van der Waals surface area contributed by atoms with E-state index in [0.29, 0.717) is 24.4 Å². The fourth-order valence-electron chi connectivity index (χ4n) is 1.85. The summed E-state index contributed by atoms with van der Waals surface area (Å²) in [5.74, 6) is 0.342. The number of nitrogens with zero attached hydrogens (tertiary/aromatic N) is 1. The second-order valence-electron chi connectivity index (χ2n) is 4.26. The highest BCUT2D eigenvalue weighted by Crippen LogP contribution is 2.05. The first-order chi connectivity index (χ1) is 8.66. The lowest BCUT2D eigenvalue weighted by atomic mass is 10.3. The van der Waals surface area contributed by atoms with Gasteiger partial charge in [0.2, 0.25) is 5.91 Å². The maximum absolute atomic E-state index is 11.8. The second-order valence-corrected chi connectivity index (χ2v) is 4.26. The lowest BCUT2D eigenvalue weighted by Gasteiger charge is -2.27. The number of hydrogen-bond acceptors (Lipinski definition) is 4. The predicted molar refractivity (Wildman–Crippen MR) is 65.2 cm³/mol. The van der Waals surface area contributed by atoms with Crippen molar-refractivity contribution in [3.05, 3.63) is 23.7 Å². The van der Waals surface area contributed by atoms with Crippen LogP contribution in [-0.4, -0.2) is 49.4 Å². The Kier molecular flexibility index (Phi) is 3.99. The Hall–Kier alpha value is -1.82. The minimum Gasteiger partial charge on any atom is -0.469 e. The van der Waals surface area contributed by atoms with Crippen LogP contribution in [0, 0.1) is 6.92 Å². The molecular formula is C12H17N3O3. The molecule has 1 fully saturated rings. The van der Waals surface area contributed by atoms with Crippen LogP contribution in [-0.2, 0) is 4.79 Å². The Morgan fingerprint density at radius 3 is 2.78 bits per heavy atom. The molecule has 6 heteroatoms. The fourth-order valence-corrected chi connectivity index (χ4v) is 1.85. The van der Waals surface area contributed by atoms with Crippen LogP contribution in [0.25, 0.3) is 0 Å². The summed E-state index contributed by atoms with van der Waals surface area (Å²) in [5, 5.41) is 5.77. The average molecular weight is 251 g/mol. The zero-order chi connectivity index (χ0) is 13.0. The molecule has 1 aromatic rings. The molecule has 2 amide bonds. The van der Waals surface area contributed by atoms with Gasteiger partial charge in [0, 0.05) is 26.2 Å². The predicted octanol–water partition coefficient (Wildman–Crippen LogP) is -0.250. The van der Waals surface area contributed by atoms with Gasteiger partial charge in [0.05, 0.1) is 12.1 Å². The Balaban J connectivity index is 1.80. The molecule has 1 aliphatic heterocycles. The molecule has 0 aliphatic carbocycles. The van der Waals surface area contributed by atoms with Crippen molar-refractivity contribution in [3.63, 3.8) is 0 Å². The molecule has 0 atom stereocenters. The summed E-state index contributed by atoms with van der Waals surface area (Å²) in [7, 11) is 0. The first kappa shape index (κ1) is 12.6. The van der Waals surface area contributed by atoms with Gasteiger partial charge in [-0.1, -0.05) is 0 Å². The Labute approximate surface area is 105 Å². The van der Waals surface area contributed by atoms with Gasteiger partial charge in [0.1, 0.15) is 12.0 Å². The van der Waals surface area contributed by atoms with E-state index < -0.39 is 0 Å². The van der Waals surface area contributed by atoms with Gasteiger partial charge in [0.25, 0.3) is 5.91 Å². The van der Waals surface area contributed by atoms with Crippen LogP contribution in [0.3, 0.4) is 0 Å². The van der Waals surface area contributed by atoms with E-state index in [4.69, 9.17) is 4.42 Å². The molecule has 18 heavy (non-hydrogen) atoms. The summed E-state index contributed by atoms with van der Waals surface area (Å²) in [5.41, 5.74) is 0.445. The fraction of sp³-hybridized carbons (Fsp3) is 0.500. The normalized spacial score (nSPS) is 15.5. The Morgan fingerprint density at radius 1 is 1.44 bits per heavy atom. The number of aryl methyl sites for hydroxylation is 1. The Morgan fingerprint density at radius 2 is 2.17 bits per heavy atom. The highest BCUT2D eigenvalue weighted by Gasteiger charge is 2.17.